The number of amides is 1. The van der Waals surface area contributed by atoms with Crippen LogP contribution in [0.5, 0.6) is 0 Å². The van der Waals surface area contributed by atoms with E-state index < -0.39 is 11.4 Å². The van der Waals surface area contributed by atoms with Gasteiger partial charge in [0, 0.05) is 12.0 Å². The van der Waals surface area contributed by atoms with Crippen LogP contribution in [0.3, 0.4) is 0 Å². The summed E-state index contributed by atoms with van der Waals surface area (Å²) in [7, 11) is 0. The summed E-state index contributed by atoms with van der Waals surface area (Å²) in [4.78, 5) is 23.9. The highest BCUT2D eigenvalue weighted by Gasteiger charge is 2.44. The van der Waals surface area contributed by atoms with Crippen LogP contribution in [0.15, 0.2) is 0 Å². The number of aliphatic carboxylic acids is 1. The smallest absolute Gasteiger partial charge is 0.311 e. The Morgan fingerprint density at radius 2 is 1.85 bits per heavy atom. The number of hydrogen-bond acceptors (Lipinski definition) is 2. The number of carbonyl (C=O) groups is 2. The SMILES string of the molecule is CCCC(CCC)C(=O)NC1CCCCC1(C)C(=O)O. The molecule has 0 bridgehead atoms. The fourth-order valence-corrected chi connectivity index (χ4v) is 3.21. The minimum Gasteiger partial charge on any atom is -0.481 e. The molecule has 0 aromatic carbocycles. The van der Waals surface area contributed by atoms with Crippen molar-refractivity contribution in [2.45, 2.75) is 78.2 Å². The molecule has 0 saturated heterocycles. The highest BCUT2D eigenvalue weighted by molar-refractivity contribution is 5.81. The first-order valence-corrected chi connectivity index (χ1v) is 7.99. The van der Waals surface area contributed by atoms with Gasteiger partial charge in [-0.3, -0.25) is 9.59 Å². The molecule has 1 rings (SSSR count). The quantitative estimate of drug-likeness (QED) is 0.753. The van der Waals surface area contributed by atoms with Gasteiger partial charge in [-0.15, -0.1) is 0 Å². The standard InChI is InChI=1S/C16H29NO3/c1-4-8-12(9-5-2)14(18)17-13-10-6-7-11-16(13,3)15(19)20/h12-13H,4-11H2,1-3H3,(H,17,18)(H,19,20). The monoisotopic (exact) mass is 283 g/mol. The predicted molar refractivity (Wildman–Crippen MR) is 79.4 cm³/mol. The molecule has 0 spiro atoms. The van der Waals surface area contributed by atoms with Gasteiger partial charge in [-0.05, 0) is 32.6 Å². The third kappa shape index (κ3) is 3.97. The summed E-state index contributed by atoms with van der Waals surface area (Å²) >= 11 is 0. The second-order valence-corrected chi connectivity index (χ2v) is 6.30. The van der Waals surface area contributed by atoms with E-state index in [4.69, 9.17) is 0 Å². The lowest BCUT2D eigenvalue weighted by Gasteiger charge is -2.39. The number of hydrogen-bond donors (Lipinski definition) is 2. The number of nitrogens with one attached hydrogen (secondary N) is 1. The molecular formula is C16H29NO3. The van der Waals surface area contributed by atoms with E-state index >= 15 is 0 Å². The summed E-state index contributed by atoms with van der Waals surface area (Å²) < 4.78 is 0. The fourth-order valence-electron chi connectivity index (χ4n) is 3.21. The molecule has 0 aliphatic heterocycles. The molecule has 116 valence electrons. The molecule has 2 atom stereocenters. The van der Waals surface area contributed by atoms with Crippen molar-refractivity contribution in [2.75, 3.05) is 0 Å². The third-order valence-electron chi connectivity index (χ3n) is 4.66. The lowest BCUT2D eigenvalue weighted by Crippen LogP contribution is -2.53. The maximum Gasteiger partial charge on any atom is 0.311 e. The maximum atomic E-state index is 12.4. The molecule has 0 radical (unpaired) electrons. The predicted octanol–water partition coefficient (Wildman–Crippen LogP) is 3.35. The number of rotatable bonds is 7. The van der Waals surface area contributed by atoms with Crippen LogP contribution < -0.4 is 5.32 Å². The number of carboxylic acids is 1. The number of carboxylic acid groups (broad SMARTS) is 1. The van der Waals surface area contributed by atoms with E-state index in [1.165, 1.54) is 0 Å². The van der Waals surface area contributed by atoms with Crippen LogP contribution in [0.1, 0.15) is 72.1 Å². The van der Waals surface area contributed by atoms with Crippen molar-refractivity contribution in [2.24, 2.45) is 11.3 Å². The fraction of sp³-hybridized carbons (Fsp3) is 0.875. The van der Waals surface area contributed by atoms with E-state index in [1.807, 2.05) is 0 Å². The first kappa shape index (κ1) is 17.0. The normalized spacial score (nSPS) is 26.5. The molecule has 0 aromatic rings. The lowest BCUT2D eigenvalue weighted by atomic mass is 9.71. The largest absolute Gasteiger partial charge is 0.481 e. The van der Waals surface area contributed by atoms with Gasteiger partial charge >= 0.3 is 5.97 Å². The summed E-state index contributed by atoms with van der Waals surface area (Å²) in [6, 6.07) is -0.225. The van der Waals surface area contributed by atoms with Crippen molar-refractivity contribution >= 4 is 11.9 Å². The lowest BCUT2D eigenvalue weighted by molar-refractivity contribution is -0.152. The second kappa shape index (κ2) is 7.65. The molecule has 1 fully saturated rings. The zero-order valence-corrected chi connectivity index (χ0v) is 13.1. The van der Waals surface area contributed by atoms with E-state index in [9.17, 15) is 14.7 Å². The average molecular weight is 283 g/mol. The van der Waals surface area contributed by atoms with Crippen molar-refractivity contribution in [3.8, 4) is 0 Å². The van der Waals surface area contributed by atoms with Gasteiger partial charge in [0.05, 0.1) is 5.41 Å². The van der Waals surface area contributed by atoms with E-state index in [-0.39, 0.29) is 17.9 Å². The van der Waals surface area contributed by atoms with E-state index in [2.05, 4.69) is 19.2 Å². The molecule has 20 heavy (non-hydrogen) atoms. The van der Waals surface area contributed by atoms with Crippen LogP contribution in [0.25, 0.3) is 0 Å². The van der Waals surface area contributed by atoms with Gasteiger partial charge in [0.1, 0.15) is 0 Å². The van der Waals surface area contributed by atoms with E-state index in [0.717, 1.165) is 44.9 Å². The van der Waals surface area contributed by atoms with Crippen molar-refractivity contribution in [1.82, 2.24) is 5.32 Å². The first-order valence-electron chi connectivity index (χ1n) is 7.99. The Kier molecular flexibility index (Phi) is 6.50. The third-order valence-corrected chi connectivity index (χ3v) is 4.66. The van der Waals surface area contributed by atoms with Gasteiger partial charge in [-0.25, -0.2) is 0 Å². The molecule has 1 aliphatic carbocycles. The van der Waals surface area contributed by atoms with Crippen LogP contribution in [0.2, 0.25) is 0 Å². The van der Waals surface area contributed by atoms with Gasteiger partial charge in [-0.2, -0.15) is 0 Å². The van der Waals surface area contributed by atoms with Crippen molar-refractivity contribution in [3.63, 3.8) is 0 Å². The van der Waals surface area contributed by atoms with Gasteiger partial charge < -0.3 is 10.4 Å². The summed E-state index contributed by atoms with van der Waals surface area (Å²) in [6.45, 7) is 5.93. The summed E-state index contributed by atoms with van der Waals surface area (Å²) in [5.41, 5.74) is -0.809. The zero-order chi connectivity index (χ0) is 15.2. The summed E-state index contributed by atoms with van der Waals surface area (Å²) in [6.07, 6.45) is 7.10. The molecule has 2 N–H and O–H groups in total. The average Bonchev–Trinajstić information content (AvgIpc) is 2.41. The topological polar surface area (TPSA) is 66.4 Å². The first-order chi connectivity index (χ1) is 9.45. The maximum absolute atomic E-state index is 12.4. The van der Waals surface area contributed by atoms with Gasteiger partial charge in [0.25, 0.3) is 0 Å². The van der Waals surface area contributed by atoms with E-state index in [0.29, 0.717) is 6.42 Å². The Morgan fingerprint density at radius 3 is 2.35 bits per heavy atom. The van der Waals surface area contributed by atoms with Crippen LogP contribution in [0.4, 0.5) is 0 Å². The Labute approximate surface area is 122 Å². The van der Waals surface area contributed by atoms with Gasteiger partial charge in [-0.1, -0.05) is 39.5 Å². The Hall–Kier alpha value is -1.06. The molecule has 1 amide bonds. The molecular weight excluding hydrogens is 254 g/mol. The summed E-state index contributed by atoms with van der Waals surface area (Å²) in [5, 5.41) is 12.5. The Balaban J connectivity index is 2.72. The van der Waals surface area contributed by atoms with Crippen LogP contribution in [-0.2, 0) is 9.59 Å². The van der Waals surface area contributed by atoms with Crippen LogP contribution in [-0.4, -0.2) is 23.0 Å². The number of carbonyl (C=O) groups excluding carboxylic acids is 1. The van der Waals surface area contributed by atoms with Crippen LogP contribution in [0, 0.1) is 11.3 Å². The van der Waals surface area contributed by atoms with E-state index in [1.54, 1.807) is 6.92 Å². The van der Waals surface area contributed by atoms with Crippen LogP contribution >= 0.6 is 0 Å². The molecule has 4 heteroatoms. The molecule has 0 heterocycles. The molecule has 1 saturated carbocycles. The Morgan fingerprint density at radius 1 is 1.25 bits per heavy atom. The minimum absolute atomic E-state index is 0.0324. The molecule has 2 unspecified atom stereocenters. The van der Waals surface area contributed by atoms with Crippen molar-refractivity contribution in [1.29, 1.82) is 0 Å². The Bertz CT molecular complexity index is 337. The second-order valence-electron chi connectivity index (χ2n) is 6.30. The van der Waals surface area contributed by atoms with Gasteiger partial charge in [0.2, 0.25) is 5.91 Å². The molecule has 0 aromatic heterocycles. The van der Waals surface area contributed by atoms with Crippen molar-refractivity contribution < 1.29 is 14.7 Å². The van der Waals surface area contributed by atoms with Gasteiger partial charge in [0.15, 0.2) is 0 Å². The van der Waals surface area contributed by atoms with Crippen molar-refractivity contribution in [3.05, 3.63) is 0 Å². The highest BCUT2D eigenvalue weighted by atomic mass is 16.4. The molecule has 4 nitrogen and oxygen atoms in total. The highest BCUT2D eigenvalue weighted by Crippen LogP contribution is 2.36. The molecule has 1 aliphatic rings. The summed E-state index contributed by atoms with van der Waals surface area (Å²) in [5.74, 6) is -0.705. The minimum atomic E-state index is -0.809. The zero-order valence-electron chi connectivity index (χ0n) is 13.1.